The number of benzene rings is 3. The van der Waals surface area contributed by atoms with Gasteiger partial charge in [0.1, 0.15) is 11.6 Å². The number of ether oxygens (including phenoxy) is 1. The maximum Gasteiger partial charge on any atom is 0.258 e. The molecule has 1 atom stereocenters. The summed E-state index contributed by atoms with van der Waals surface area (Å²) in [6, 6.07) is 21.4. The molecule has 0 bridgehead atoms. The molecule has 6 nitrogen and oxygen atoms in total. The van der Waals surface area contributed by atoms with E-state index in [1.807, 2.05) is 73.3 Å². The van der Waals surface area contributed by atoms with Gasteiger partial charge in [0.15, 0.2) is 5.11 Å². The fourth-order valence-electron chi connectivity index (χ4n) is 4.22. The smallest absolute Gasteiger partial charge is 0.258 e. The Labute approximate surface area is 208 Å². The average molecular weight is 487 g/mol. The van der Waals surface area contributed by atoms with E-state index >= 15 is 0 Å². The molecule has 0 fully saturated rings. The molecule has 1 aliphatic rings. The predicted molar refractivity (Wildman–Crippen MR) is 137 cm³/mol. The Balaban J connectivity index is 1.64. The van der Waals surface area contributed by atoms with Gasteiger partial charge in [-0.15, -0.1) is 0 Å². The van der Waals surface area contributed by atoms with Crippen LogP contribution in [0.25, 0.3) is 17.0 Å². The Morgan fingerprint density at radius 3 is 2.51 bits per heavy atom. The van der Waals surface area contributed by atoms with Crippen molar-refractivity contribution < 1.29 is 13.7 Å². The van der Waals surface area contributed by atoms with Crippen molar-refractivity contribution >= 4 is 28.6 Å². The molecule has 8 heteroatoms. The third-order valence-corrected chi connectivity index (χ3v) is 6.23. The summed E-state index contributed by atoms with van der Waals surface area (Å²) in [7, 11) is 1.61. The van der Waals surface area contributed by atoms with Crippen LogP contribution in [0.1, 0.15) is 30.0 Å². The number of halogens is 1. The Kier molecular flexibility index (Phi) is 6.05. The van der Waals surface area contributed by atoms with Crippen LogP contribution in [0.4, 0.5) is 10.1 Å². The van der Waals surface area contributed by atoms with Crippen LogP contribution in [-0.2, 0) is 0 Å². The summed E-state index contributed by atoms with van der Waals surface area (Å²) in [6.07, 6.45) is 0. The molecule has 0 aliphatic carbocycles. The molecule has 3 aromatic carbocycles. The first kappa shape index (κ1) is 22.7. The van der Waals surface area contributed by atoms with E-state index in [1.165, 1.54) is 12.1 Å². The number of nitrogens with one attached hydrogen (secondary N) is 1. The van der Waals surface area contributed by atoms with E-state index in [1.54, 1.807) is 13.2 Å². The molecule has 5 rings (SSSR count). The van der Waals surface area contributed by atoms with Crippen molar-refractivity contribution in [3.8, 4) is 17.1 Å². The van der Waals surface area contributed by atoms with E-state index in [9.17, 15) is 4.39 Å². The summed E-state index contributed by atoms with van der Waals surface area (Å²) in [5, 5.41) is 8.07. The minimum Gasteiger partial charge on any atom is -0.497 e. The molecule has 0 spiro atoms. The number of hydrogen-bond donors (Lipinski definition) is 1. The second kappa shape index (κ2) is 9.31. The first-order valence-electron chi connectivity index (χ1n) is 11.1. The Hall–Kier alpha value is -4.04. The van der Waals surface area contributed by atoms with Gasteiger partial charge >= 0.3 is 0 Å². The lowest BCUT2D eigenvalue weighted by Crippen LogP contribution is -2.46. The lowest BCUT2D eigenvalue weighted by molar-refractivity contribution is 0.403. The zero-order valence-corrected chi connectivity index (χ0v) is 20.3. The molecule has 1 N–H and O–H groups in total. The van der Waals surface area contributed by atoms with Crippen LogP contribution in [0.5, 0.6) is 5.75 Å². The minimum absolute atomic E-state index is 0.329. The third-order valence-electron chi connectivity index (χ3n) is 5.93. The summed E-state index contributed by atoms with van der Waals surface area (Å²) >= 11 is 5.76. The molecule has 0 saturated carbocycles. The quantitative estimate of drug-likeness (QED) is 0.344. The number of anilines is 1. The van der Waals surface area contributed by atoms with Gasteiger partial charge in [0, 0.05) is 16.9 Å². The van der Waals surface area contributed by atoms with Crippen LogP contribution in [0, 0.1) is 12.7 Å². The molecule has 0 saturated heterocycles. The topological polar surface area (TPSA) is 63.4 Å². The molecule has 2 heterocycles. The van der Waals surface area contributed by atoms with Crippen molar-refractivity contribution in [3.63, 3.8) is 0 Å². The zero-order chi connectivity index (χ0) is 24.5. The summed E-state index contributed by atoms with van der Waals surface area (Å²) in [5.41, 5.74) is 5.04. The second-order valence-electron chi connectivity index (χ2n) is 8.26. The molecule has 176 valence electrons. The van der Waals surface area contributed by atoms with Crippen LogP contribution < -0.4 is 15.0 Å². The van der Waals surface area contributed by atoms with Gasteiger partial charge in [-0.2, -0.15) is 4.98 Å². The number of hydrogen-bond acceptors (Lipinski definition) is 5. The average Bonchev–Trinajstić information content (AvgIpc) is 3.33. The Morgan fingerprint density at radius 2 is 1.80 bits per heavy atom. The van der Waals surface area contributed by atoms with Gasteiger partial charge in [0.05, 0.1) is 18.7 Å². The highest BCUT2D eigenvalue weighted by Crippen LogP contribution is 2.39. The standard InChI is InChI=1S/C27H23FN4O2S/c1-16-6-4-9-21(14-16)32-17(2)23(24(29-27(32)35)19-7-5-8-20(28)15-19)26-30-25(31-34-26)18-10-12-22(33-3)13-11-18/h4-15,24H,1-3H3,(H,29,35). The van der Waals surface area contributed by atoms with Gasteiger partial charge in [-0.3, -0.25) is 4.90 Å². The third kappa shape index (κ3) is 4.40. The lowest BCUT2D eigenvalue weighted by atomic mass is 9.94. The Bertz CT molecular complexity index is 1430. The number of thiocarbonyl (C=S) groups is 1. The van der Waals surface area contributed by atoms with Crippen molar-refractivity contribution in [2.75, 3.05) is 12.0 Å². The molecule has 1 unspecified atom stereocenters. The number of aromatic nitrogens is 2. The minimum atomic E-state index is -0.469. The molecule has 1 aromatic heterocycles. The maximum absolute atomic E-state index is 14.2. The lowest BCUT2D eigenvalue weighted by Gasteiger charge is -2.37. The van der Waals surface area contributed by atoms with Crippen LogP contribution in [0.15, 0.2) is 83.0 Å². The molecule has 0 radical (unpaired) electrons. The molecule has 4 aromatic rings. The largest absolute Gasteiger partial charge is 0.497 e. The SMILES string of the molecule is COc1ccc(-c2noc(C3=C(C)N(c4cccc(C)c4)C(=S)NC3c3cccc(F)c3)n2)cc1. The van der Waals surface area contributed by atoms with Gasteiger partial charge < -0.3 is 14.6 Å². The summed E-state index contributed by atoms with van der Waals surface area (Å²) in [5.74, 6) is 1.17. The normalized spacial score (nSPS) is 15.8. The van der Waals surface area contributed by atoms with Crippen LogP contribution in [0.3, 0.4) is 0 Å². The van der Waals surface area contributed by atoms with Gasteiger partial charge in [0.25, 0.3) is 5.89 Å². The number of allylic oxidation sites excluding steroid dienone is 1. The van der Waals surface area contributed by atoms with E-state index < -0.39 is 6.04 Å². The van der Waals surface area contributed by atoms with Gasteiger partial charge in [-0.1, -0.05) is 29.4 Å². The Morgan fingerprint density at radius 1 is 1.03 bits per heavy atom. The van der Waals surface area contributed by atoms with Crippen LogP contribution >= 0.6 is 12.2 Å². The molecule has 1 aliphatic heterocycles. The molecule has 0 amide bonds. The van der Waals surface area contributed by atoms with E-state index in [0.717, 1.165) is 33.8 Å². The first-order valence-corrected chi connectivity index (χ1v) is 11.5. The van der Waals surface area contributed by atoms with Crippen LogP contribution in [0.2, 0.25) is 0 Å². The van der Waals surface area contributed by atoms with E-state index in [4.69, 9.17) is 26.5 Å². The number of nitrogens with zero attached hydrogens (tertiary/aromatic N) is 3. The molecular weight excluding hydrogens is 463 g/mol. The zero-order valence-electron chi connectivity index (χ0n) is 19.4. The van der Waals surface area contributed by atoms with Gasteiger partial charge in [-0.25, -0.2) is 4.39 Å². The van der Waals surface area contributed by atoms with Crippen molar-refractivity contribution in [2.24, 2.45) is 0 Å². The van der Waals surface area contributed by atoms with Gasteiger partial charge in [0.2, 0.25) is 5.82 Å². The van der Waals surface area contributed by atoms with Crippen molar-refractivity contribution in [3.05, 3.63) is 101 Å². The fraction of sp³-hybridized carbons (Fsp3) is 0.148. The van der Waals surface area contributed by atoms with E-state index in [-0.39, 0.29) is 5.82 Å². The number of methoxy groups -OCH3 is 1. The number of rotatable bonds is 5. The monoisotopic (exact) mass is 486 g/mol. The van der Waals surface area contributed by atoms with Crippen molar-refractivity contribution in [2.45, 2.75) is 19.9 Å². The molecule has 35 heavy (non-hydrogen) atoms. The first-order chi connectivity index (χ1) is 16.9. The van der Waals surface area contributed by atoms with Gasteiger partial charge in [-0.05, 0) is 85.7 Å². The highest BCUT2D eigenvalue weighted by atomic mass is 32.1. The summed E-state index contributed by atoms with van der Waals surface area (Å²) in [6.45, 7) is 3.98. The van der Waals surface area contributed by atoms with E-state index in [2.05, 4.69) is 10.5 Å². The molecular formula is C27H23FN4O2S. The summed E-state index contributed by atoms with van der Waals surface area (Å²) in [4.78, 5) is 6.63. The second-order valence-corrected chi connectivity index (χ2v) is 8.65. The maximum atomic E-state index is 14.2. The van der Waals surface area contributed by atoms with Crippen molar-refractivity contribution in [1.82, 2.24) is 15.5 Å². The fourth-order valence-corrected chi connectivity index (χ4v) is 4.58. The van der Waals surface area contributed by atoms with Crippen molar-refractivity contribution in [1.29, 1.82) is 0 Å². The van der Waals surface area contributed by atoms with Crippen LogP contribution in [-0.4, -0.2) is 22.4 Å². The predicted octanol–water partition coefficient (Wildman–Crippen LogP) is 6.06. The van der Waals surface area contributed by atoms with E-state index in [0.29, 0.717) is 22.4 Å². The number of aryl methyl sites for hydroxylation is 1. The highest BCUT2D eigenvalue weighted by molar-refractivity contribution is 7.80. The summed E-state index contributed by atoms with van der Waals surface area (Å²) < 4.78 is 25.2. The highest BCUT2D eigenvalue weighted by Gasteiger charge is 2.35.